The molecule has 7 heteroatoms. The number of ether oxygens (including phenoxy) is 1. The molecular weight excluding hydrogens is 354 g/mol. The second-order valence-corrected chi connectivity index (χ2v) is 6.62. The zero-order valence-corrected chi connectivity index (χ0v) is 16.1. The molecule has 1 aromatic heterocycles. The van der Waals surface area contributed by atoms with Crippen molar-refractivity contribution in [1.29, 1.82) is 0 Å². The van der Waals surface area contributed by atoms with Crippen LogP contribution in [0, 0.1) is 0 Å². The zero-order chi connectivity index (χ0) is 19.8. The molecule has 0 aliphatic carbocycles. The highest BCUT2D eigenvalue weighted by Crippen LogP contribution is 2.13. The maximum Gasteiger partial charge on any atom is 0.315 e. The zero-order valence-electron chi connectivity index (χ0n) is 16.1. The summed E-state index contributed by atoms with van der Waals surface area (Å²) in [4.78, 5) is 16.0. The fourth-order valence-corrected chi connectivity index (χ4v) is 2.81. The summed E-state index contributed by atoms with van der Waals surface area (Å²) in [7, 11) is 1.66. The van der Waals surface area contributed by atoms with E-state index >= 15 is 0 Å². The molecule has 0 aliphatic heterocycles. The number of hydrogen-bond acceptors (Lipinski definition) is 4. The number of nitrogens with zero attached hydrogens (tertiary/aromatic N) is 3. The van der Waals surface area contributed by atoms with Crippen LogP contribution in [0.2, 0.25) is 0 Å². The lowest BCUT2D eigenvalue weighted by atomic mass is 10.1. The van der Waals surface area contributed by atoms with Crippen molar-refractivity contribution in [2.75, 3.05) is 7.11 Å². The van der Waals surface area contributed by atoms with Gasteiger partial charge in [0.05, 0.1) is 12.8 Å². The molecule has 7 nitrogen and oxygen atoms in total. The van der Waals surface area contributed by atoms with Gasteiger partial charge in [-0.15, -0.1) is 0 Å². The fraction of sp³-hybridized carbons (Fsp3) is 0.286. The second kappa shape index (κ2) is 9.55. The molecule has 0 bridgehead atoms. The number of benzene rings is 2. The largest absolute Gasteiger partial charge is 0.497 e. The van der Waals surface area contributed by atoms with Gasteiger partial charge in [0.25, 0.3) is 0 Å². The molecule has 2 amide bonds. The average molecular weight is 379 g/mol. The maximum atomic E-state index is 12.1. The van der Waals surface area contributed by atoms with Gasteiger partial charge in [-0.05, 0) is 55.2 Å². The van der Waals surface area contributed by atoms with Crippen molar-refractivity contribution in [3.05, 3.63) is 72.3 Å². The van der Waals surface area contributed by atoms with E-state index in [9.17, 15) is 4.79 Å². The molecule has 2 N–H and O–H groups in total. The number of hydrogen-bond donors (Lipinski definition) is 2. The molecular formula is C21H25N5O2. The first kappa shape index (κ1) is 19.4. The monoisotopic (exact) mass is 379 g/mol. The summed E-state index contributed by atoms with van der Waals surface area (Å²) in [5.74, 6) is 0.851. The highest BCUT2D eigenvalue weighted by Gasteiger charge is 2.07. The Morgan fingerprint density at radius 3 is 2.46 bits per heavy atom. The van der Waals surface area contributed by atoms with Crippen molar-refractivity contribution in [2.24, 2.45) is 0 Å². The summed E-state index contributed by atoms with van der Waals surface area (Å²) >= 11 is 0. The summed E-state index contributed by atoms with van der Waals surface area (Å²) in [6, 6.07) is 15.7. The van der Waals surface area contributed by atoms with Crippen molar-refractivity contribution in [3.8, 4) is 11.4 Å². The van der Waals surface area contributed by atoms with Gasteiger partial charge >= 0.3 is 6.03 Å². The topological polar surface area (TPSA) is 81.1 Å². The highest BCUT2D eigenvalue weighted by molar-refractivity contribution is 5.74. The summed E-state index contributed by atoms with van der Waals surface area (Å²) in [6.07, 6.45) is 4.91. The van der Waals surface area contributed by atoms with Gasteiger partial charge < -0.3 is 15.4 Å². The molecule has 1 heterocycles. The molecule has 146 valence electrons. The minimum absolute atomic E-state index is 0.0804. The van der Waals surface area contributed by atoms with Gasteiger partial charge in [0, 0.05) is 12.6 Å². The Labute approximate surface area is 164 Å². The molecule has 0 aliphatic rings. The summed E-state index contributed by atoms with van der Waals surface area (Å²) in [5.41, 5.74) is 3.17. The van der Waals surface area contributed by atoms with Crippen molar-refractivity contribution >= 4 is 6.03 Å². The third-order valence-electron chi connectivity index (χ3n) is 4.48. The van der Waals surface area contributed by atoms with Crippen LogP contribution in [0.25, 0.3) is 5.69 Å². The number of urea groups is 1. The summed E-state index contributed by atoms with van der Waals surface area (Å²) in [5, 5.41) is 9.97. The normalized spacial score (nSPS) is 11.6. The fourth-order valence-electron chi connectivity index (χ4n) is 2.81. The van der Waals surface area contributed by atoms with E-state index in [0.717, 1.165) is 29.8 Å². The quantitative estimate of drug-likeness (QED) is 0.630. The Morgan fingerprint density at radius 2 is 1.82 bits per heavy atom. The van der Waals surface area contributed by atoms with E-state index in [4.69, 9.17) is 4.74 Å². The predicted octanol–water partition coefficient (Wildman–Crippen LogP) is 3.10. The molecule has 28 heavy (non-hydrogen) atoms. The minimum Gasteiger partial charge on any atom is -0.497 e. The predicted molar refractivity (Wildman–Crippen MR) is 108 cm³/mol. The molecule has 1 unspecified atom stereocenters. The van der Waals surface area contributed by atoms with E-state index in [1.54, 1.807) is 18.1 Å². The highest BCUT2D eigenvalue weighted by atomic mass is 16.5. The smallest absolute Gasteiger partial charge is 0.315 e. The Hall–Kier alpha value is -3.35. The van der Waals surface area contributed by atoms with Gasteiger partial charge in [-0.1, -0.05) is 24.3 Å². The molecule has 0 saturated carbocycles. The lowest BCUT2D eigenvalue weighted by molar-refractivity contribution is 0.237. The van der Waals surface area contributed by atoms with Gasteiger partial charge in [-0.25, -0.2) is 14.5 Å². The molecule has 0 radical (unpaired) electrons. The molecule has 0 saturated heterocycles. The molecule has 3 aromatic rings. The van der Waals surface area contributed by atoms with Crippen molar-refractivity contribution in [1.82, 2.24) is 25.4 Å². The van der Waals surface area contributed by atoms with Crippen molar-refractivity contribution < 1.29 is 9.53 Å². The lowest BCUT2D eigenvalue weighted by Gasteiger charge is -2.15. The van der Waals surface area contributed by atoms with Crippen LogP contribution >= 0.6 is 0 Å². The molecule has 0 spiro atoms. The average Bonchev–Trinajstić information content (AvgIpc) is 3.26. The summed E-state index contributed by atoms with van der Waals surface area (Å²) in [6.45, 7) is 2.48. The van der Waals surface area contributed by atoms with Crippen molar-refractivity contribution in [3.63, 3.8) is 0 Å². The van der Waals surface area contributed by atoms with E-state index < -0.39 is 0 Å². The lowest BCUT2D eigenvalue weighted by Crippen LogP contribution is -2.40. The first-order valence-electron chi connectivity index (χ1n) is 9.25. The van der Waals surface area contributed by atoms with Gasteiger partial charge in [0.15, 0.2) is 0 Å². The molecule has 0 fully saturated rings. The third kappa shape index (κ3) is 5.57. The Morgan fingerprint density at radius 1 is 1.11 bits per heavy atom. The van der Waals surface area contributed by atoms with E-state index in [1.165, 1.54) is 11.9 Å². The Kier molecular flexibility index (Phi) is 6.62. The minimum atomic E-state index is -0.164. The SMILES string of the molecule is COc1ccc(CCC(C)NC(=O)NCc2ccc(-n3cncn3)cc2)cc1. The van der Waals surface area contributed by atoms with Gasteiger partial charge in [0.2, 0.25) is 0 Å². The first-order valence-corrected chi connectivity index (χ1v) is 9.25. The number of nitrogens with one attached hydrogen (secondary N) is 2. The number of aromatic nitrogens is 3. The van der Waals surface area contributed by atoms with Crippen molar-refractivity contribution in [2.45, 2.75) is 32.4 Å². The molecule has 1 atom stereocenters. The summed E-state index contributed by atoms with van der Waals surface area (Å²) < 4.78 is 6.85. The van der Waals surface area contributed by atoms with Crippen LogP contribution in [0.4, 0.5) is 4.79 Å². The number of aryl methyl sites for hydroxylation is 1. The van der Waals surface area contributed by atoms with Gasteiger partial charge in [-0.2, -0.15) is 5.10 Å². The van der Waals surface area contributed by atoms with Crippen LogP contribution in [-0.2, 0) is 13.0 Å². The third-order valence-corrected chi connectivity index (χ3v) is 4.48. The number of carbonyl (C=O) groups is 1. The van der Waals surface area contributed by atoms with E-state index in [1.807, 2.05) is 43.3 Å². The second-order valence-electron chi connectivity index (χ2n) is 6.62. The molecule has 2 aromatic carbocycles. The van der Waals surface area contributed by atoms with Gasteiger partial charge in [0.1, 0.15) is 18.4 Å². The van der Waals surface area contributed by atoms with Crippen LogP contribution in [0.5, 0.6) is 5.75 Å². The molecule has 3 rings (SSSR count). The number of amides is 2. The van der Waals surface area contributed by atoms with Crippen LogP contribution in [0.15, 0.2) is 61.2 Å². The number of carbonyl (C=O) groups excluding carboxylic acids is 1. The van der Waals surface area contributed by atoms with Crippen LogP contribution < -0.4 is 15.4 Å². The van der Waals surface area contributed by atoms with Crippen LogP contribution in [-0.4, -0.2) is 33.9 Å². The van der Waals surface area contributed by atoms with Crippen LogP contribution in [0.3, 0.4) is 0 Å². The Balaban J connectivity index is 1.39. The Bertz CT molecular complexity index is 861. The van der Waals surface area contributed by atoms with Gasteiger partial charge in [-0.3, -0.25) is 0 Å². The van der Waals surface area contributed by atoms with E-state index in [2.05, 4.69) is 32.8 Å². The number of rotatable bonds is 8. The maximum absolute atomic E-state index is 12.1. The number of methoxy groups -OCH3 is 1. The van der Waals surface area contributed by atoms with E-state index in [-0.39, 0.29) is 12.1 Å². The first-order chi connectivity index (χ1) is 13.6. The van der Waals surface area contributed by atoms with E-state index in [0.29, 0.717) is 6.54 Å². The standard InChI is InChI=1S/C21H25N5O2/c1-16(3-4-17-7-11-20(28-2)12-8-17)25-21(27)23-13-18-5-9-19(10-6-18)26-15-22-14-24-26/h5-12,14-16H,3-4,13H2,1-2H3,(H2,23,25,27). The van der Waals surface area contributed by atoms with Crippen LogP contribution in [0.1, 0.15) is 24.5 Å².